The Morgan fingerprint density at radius 3 is 2.96 bits per heavy atom. The van der Waals surface area contributed by atoms with E-state index in [1.54, 1.807) is 6.07 Å². The lowest BCUT2D eigenvalue weighted by Crippen LogP contribution is -2.48. The lowest BCUT2D eigenvalue weighted by atomic mass is 9.85. The summed E-state index contributed by atoms with van der Waals surface area (Å²) < 4.78 is 5.80. The molecule has 0 radical (unpaired) electrons. The van der Waals surface area contributed by atoms with Crippen LogP contribution in [-0.2, 0) is 10.3 Å². The molecule has 0 saturated carbocycles. The van der Waals surface area contributed by atoms with Crippen molar-refractivity contribution in [3.8, 4) is 0 Å². The second-order valence-electron chi connectivity index (χ2n) is 7.04. The van der Waals surface area contributed by atoms with E-state index in [1.807, 2.05) is 53.6 Å². The van der Waals surface area contributed by atoms with E-state index in [2.05, 4.69) is 4.98 Å². The molecule has 0 bridgehead atoms. The van der Waals surface area contributed by atoms with Crippen molar-refractivity contribution in [2.75, 3.05) is 13.1 Å². The number of rotatable bonds is 1. The number of carbonyl (C=O) groups excluding carboxylic acids is 2. The second kappa shape index (κ2) is 5.46. The van der Waals surface area contributed by atoms with Crippen molar-refractivity contribution in [1.82, 2.24) is 9.88 Å². The molecule has 5 heteroatoms. The number of nitrogens with zero attached hydrogens (tertiary/aromatic N) is 1. The van der Waals surface area contributed by atoms with E-state index < -0.39 is 5.60 Å². The number of ether oxygens (including phenoxy) is 1. The molecule has 1 fully saturated rings. The summed E-state index contributed by atoms with van der Waals surface area (Å²) in [5.41, 5.74) is 2.49. The molecule has 1 atom stereocenters. The number of aromatic amines is 1. The topological polar surface area (TPSA) is 62.4 Å². The number of nitrogens with one attached hydrogen (secondary N) is 1. The normalized spacial score (nSPS) is 21.8. The predicted molar refractivity (Wildman–Crippen MR) is 97.0 cm³/mol. The molecular weight excluding hydrogens is 328 g/mol. The average molecular weight is 346 g/mol. The standard InChI is InChI=1S/C21H18N2O3/c24-19(15-6-7-18-14(12-15)8-10-22-18)23-11-3-9-21(13-23)17-5-2-1-4-16(17)20(25)26-21/h1-2,4-8,10,12,22H,3,9,11,13H2. The summed E-state index contributed by atoms with van der Waals surface area (Å²) in [5.74, 6) is -0.309. The quantitative estimate of drug-likeness (QED) is 0.686. The summed E-state index contributed by atoms with van der Waals surface area (Å²) in [6.07, 6.45) is 3.42. The van der Waals surface area contributed by atoms with Crippen LogP contribution >= 0.6 is 0 Å². The van der Waals surface area contributed by atoms with Crippen LogP contribution < -0.4 is 0 Å². The maximum absolute atomic E-state index is 13.1. The van der Waals surface area contributed by atoms with E-state index in [4.69, 9.17) is 4.74 Å². The summed E-state index contributed by atoms with van der Waals surface area (Å²) in [5, 5.41) is 1.01. The minimum atomic E-state index is -0.709. The maximum atomic E-state index is 13.1. The molecule has 1 unspecified atom stereocenters. The number of hydrogen-bond acceptors (Lipinski definition) is 3. The number of carbonyl (C=O) groups is 2. The van der Waals surface area contributed by atoms with Gasteiger partial charge in [-0.1, -0.05) is 18.2 Å². The molecule has 1 aromatic heterocycles. The Bertz CT molecular complexity index is 1040. The fourth-order valence-corrected chi connectivity index (χ4v) is 4.21. The van der Waals surface area contributed by atoms with Crippen LogP contribution in [0.2, 0.25) is 0 Å². The van der Waals surface area contributed by atoms with Gasteiger partial charge in [-0.3, -0.25) is 4.79 Å². The van der Waals surface area contributed by atoms with Gasteiger partial charge < -0.3 is 14.6 Å². The highest BCUT2D eigenvalue weighted by atomic mass is 16.6. The van der Waals surface area contributed by atoms with Gasteiger partial charge >= 0.3 is 5.97 Å². The van der Waals surface area contributed by atoms with Crippen LogP contribution in [0, 0.1) is 0 Å². The van der Waals surface area contributed by atoms with Crippen LogP contribution in [0.3, 0.4) is 0 Å². The van der Waals surface area contributed by atoms with Gasteiger partial charge in [0.2, 0.25) is 0 Å². The van der Waals surface area contributed by atoms with Gasteiger partial charge in [0.15, 0.2) is 5.60 Å². The first-order chi connectivity index (χ1) is 12.7. The lowest BCUT2D eigenvalue weighted by Gasteiger charge is -2.39. The molecule has 1 amide bonds. The number of piperidine rings is 1. The molecule has 5 rings (SSSR count). The van der Waals surface area contributed by atoms with Crippen molar-refractivity contribution < 1.29 is 14.3 Å². The fraction of sp³-hybridized carbons (Fsp3) is 0.238. The number of likely N-dealkylation sites (tertiary alicyclic amines) is 1. The molecule has 26 heavy (non-hydrogen) atoms. The van der Waals surface area contributed by atoms with Gasteiger partial charge in [0, 0.05) is 34.8 Å². The van der Waals surface area contributed by atoms with Crippen molar-refractivity contribution in [2.45, 2.75) is 18.4 Å². The fourth-order valence-electron chi connectivity index (χ4n) is 4.21. The molecule has 130 valence electrons. The highest BCUT2D eigenvalue weighted by Crippen LogP contribution is 2.43. The van der Waals surface area contributed by atoms with Crippen LogP contribution in [0.1, 0.15) is 39.1 Å². The monoisotopic (exact) mass is 346 g/mol. The van der Waals surface area contributed by atoms with Gasteiger partial charge in [-0.05, 0) is 43.2 Å². The van der Waals surface area contributed by atoms with Gasteiger partial charge in [0.25, 0.3) is 5.91 Å². The van der Waals surface area contributed by atoms with Crippen molar-refractivity contribution >= 4 is 22.8 Å². The molecule has 1 spiro atoms. The van der Waals surface area contributed by atoms with Crippen LogP contribution in [0.15, 0.2) is 54.7 Å². The minimum absolute atomic E-state index is 0.0207. The van der Waals surface area contributed by atoms with Crippen LogP contribution in [-0.4, -0.2) is 34.8 Å². The Morgan fingerprint density at radius 2 is 2.04 bits per heavy atom. The molecule has 2 aliphatic heterocycles. The Morgan fingerprint density at radius 1 is 1.15 bits per heavy atom. The zero-order valence-corrected chi connectivity index (χ0v) is 14.2. The van der Waals surface area contributed by atoms with Gasteiger partial charge in [0.05, 0.1) is 12.1 Å². The van der Waals surface area contributed by atoms with Gasteiger partial charge in [-0.15, -0.1) is 0 Å². The van der Waals surface area contributed by atoms with Crippen LogP contribution in [0.4, 0.5) is 0 Å². The Balaban J connectivity index is 1.48. The van der Waals surface area contributed by atoms with Crippen molar-refractivity contribution in [2.24, 2.45) is 0 Å². The molecular formula is C21H18N2O3. The summed E-state index contributed by atoms with van der Waals surface area (Å²) in [4.78, 5) is 30.3. The first-order valence-electron chi connectivity index (χ1n) is 8.86. The van der Waals surface area contributed by atoms with Crippen molar-refractivity contribution in [3.05, 3.63) is 71.4 Å². The summed E-state index contributed by atoms with van der Waals surface area (Å²) in [6.45, 7) is 1.07. The van der Waals surface area contributed by atoms with E-state index in [9.17, 15) is 9.59 Å². The molecule has 3 aromatic rings. The highest BCUT2D eigenvalue weighted by Gasteiger charge is 2.48. The minimum Gasteiger partial charge on any atom is -0.449 e. The molecule has 1 N–H and O–H groups in total. The van der Waals surface area contributed by atoms with E-state index in [-0.39, 0.29) is 11.9 Å². The van der Waals surface area contributed by atoms with E-state index >= 15 is 0 Å². The summed E-state index contributed by atoms with van der Waals surface area (Å²) >= 11 is 0. The van der Waals surface area contributed by atoms with Gasteiger partial charge in [-0.25, -0.2) is 4.79 Å². The van der Waals surface area contributed by atoms with E-state index in [0.717, 1.165) is 29.3 Å². The van der Waals surface area contributed by atoms with Crippen molar-refractivity contribution in [1.29, 1.82) is 0 Å². The number of H-pyrrole nitrogens is 1. The number of fused-ring (bicyclic) bond motifs is 3. The molecule has 5 nitrogen and oxygen atoms in total. The number of benzene rings is 2. The Hall–Kier alpha value is -3.08. The van der Waals surface area contributed by atoms with E-state index in [1.165, 1.54) is 0 Å². The molecule has 1 saturated heterocycles. The number of esters is 1. The molecule has 2 aromatic carbocycles. The second-order valence-corrected chi connectivity index (χ2v) is 7.04. The SMILES string of the molecule is O=C1OC2(CCCN(C(=O)c3ccc4[nH]ccc4c3)C2)c2ccccc21. The first kappa shape index (κ1) is 15.2. The summed E-state index contributed by atoms with van der Waals surface area (Å²) in [6, 6.07) is 15.1. The zero-order chi connectivity index (χ0) is 17.7. The molecule has 0 aliphatic carbocycles. The van der Waals surface area contributed by atoms with Crippen LogP contribution in [0.25, 0.3) is 10.9 Å². The van der Waals surface area contributed by atoms with Gasteiger partial charge in [-0.2, -0.15) is 0 Å². The van der Waals surface area contributed by atoms with Gasteiger partial charge in [0.1, 0.15) is 0 Å². The third kappa shape index (κ3) is 2.17. The third-order valence-electron chi connectivity index (χ3n) is 5.47. The maximum Gasteiger partial charge on any atom is 0.339 e. The third-order valence-corrected chi connectivity index (χ3v) is 5.47. The lowest BCUT2D eigenvalue weighted by molar-refractivity contribution is -0.0442. The number of hydrogen-bond donors (Lipinski definition) is 1. The number of aromatic nitrogens is 1. The predicted octanol–water partition coefficient (Wildman–Crippen LogP) is 3.47. The molecule has 3 heterocycles. The highest BCUT2D eigenvalue weighted by molar-refractivity contribution is 5.99. The molecule has 2 aliphatic rings. The largest absolute Gasteiger partial charge is 0.449 e. The number of amides is 1. The Kier molecular flexibility index (Phi) is 3.19. The summed E-state index contributed by atoms with van der Waals surface area (Å²) in [7, 11) is 0. The Labute approximate surface area is 150 Å². The van der Waals surface area contributed by atoms with Crippen molar-refractivity contribution in [3.63, 3.8) is 0 Å². The average Bonchev–Trinajstić information content (AvgIpc) is 3.24. The smallest absolute Gasteiger partial charge is 0.339 e. The first-order valence-corrected chi connectivity index (χ1v) is 8.86. The zero-order valence-electron chi connectivity index (χ0n) is 14.2. The van der Waals surface area contributed by atoms with Crippen LogP contribution in [0.5, 0.6) is 0 Å². The van der Waals surface area contributed by atoms with E-state index in [0.29, 0.717) is 24.2 Å².